The number of halogens is 2. The molecule has 1 rings (SSSR count). The zero-order valence-electron chi connectivity index (χ0n) is 8.41. The van der Waals surface area contributed by atoms with Crippen LogP contribution in [-0.2, 0) is 0 Å². The quantitative estimate of drug-likeness (QED) is 0.767. The molecule has 0 aliphatic carbocycles. The van der Waals surface area contributed by atoms with Crippen LogP contribution in [0.25, 0.3) is 0 Å². The molecule has 0 unspecified atom stereocenters. The number of hydrogen-bond acceptors (Lipinski definition) is 3. The first-order valence-corrected chi connectivity index (χ1v) is 5.05. The number of hydrogen-bond donors (Lipinski definition) is 0. The van der Waals surface area contributed by atoms with Gasteiger partial charge in [-0.25, -0.2) is 4.79 Å². The molecular formula is C10H8Cl2N2O2. The molecule has 0 spiro atoms. The predicted octanol–water partition coefficient (Wildman–Crippen LogP) is 2.95. The Morgan fingerprint density at radius 3 is 2.88 bits per heavy atom. The van der Waals surface area contributed by atoms with Crippen LogP contribution in [0.15, 0.2) is 18.2 Å². The number of rotatable bonds is 2. The molecule has 1 amide bonds. The van der Waals surface area contributed by atoms with Crippen LogP contribution in [0.1, 0.15) is 0 Å². The van der Waals surface area contributed by atoms with Crippen molar-refractivity contribution in [2.24, 2.45) is 0 Å². The highest BCUT2D eigenvalue weighted by Gasteiger charge is 2.13. The van der Waals surface area contributed by atoms with E-state index in [1.165, 1.54) is 19.2 Å². The molecule has 0 saturated carbocycles. The van der Waals surface area contributed by atoms with E-state index in [4.69, 9.17) is 33.2 Å². The Morgan fingerprint density at radius 2 is 2.25 bits per heavy atom. The molecule has 6 heteroatoms. The Labute approximate surface area is 103 Å². The van der Waals surface area contributed by atoms with Gasteiger partial charge in [0, 0.05) is 18.1 Å². The van der Waals surface area contributed by atoms with Crippen LogP contribution in [-0.4, -0.2) is 24.6 Å². The van der Waals surface area contributed by atoms with Gasteiger partial charge in [0.2, 0.25) is 0 Å². The van der Waals surface area contributed by atoms with E-state index in [9.17, 15) is 4.79 Å². The molecule has 0 saturated heterocycles. The summed E-state index contributed by atoms with van der Waals surface area (Å²) in [6, 6.07) is 6.37. The molecular weight excluding hydrogens is 251 g/mol. The maximum absolute atomic E-state index is 11.4. The van der Waals surface area contributed by atoms with Crippen molar-refractivity contribution in [1.82, 2.24) is 4.90 Å². The zero-order chi connectivity index (χ0) is 12.1. The van der Waals surface area contributed by atoms with Gasteiger partial charge in [0.1, 0.15) is 6.54 Å². The minimum absolute atomic E-state index is 0.0585. The van der Waals surface area contributed by atoms with Crippen molar-refractivity contribution in [2.45, 2.75) is 0 Å². The zero-order valence-corrected chi connectivity index (χ0v) is 9.92. The monoisotopic (exact) mass is 258 g/mol. The van der Waals surface area contributed by atoms with Gasteiger partial charge >= 0.3 is 6.09 Å². The second-order valence-corrected chi connectivity index (χ2v) is 3.80. The molecule has 0 aliphatic rings. The van der Waals surface area contributed by atoms with Crippen molar-refractivity contribution in [2.75, 3.05) is 13.6 Å². The van der Waals surface area contributed by atoms with Crippen LogP contribution in [0.4, 0.5) is 4.79 Å². The molecule has 84 valence electrons. The summed E-state index contributed by atoms with van der Waals surface area (Å²) < 4.78 is 4.96. The average Bonchev–Trinajstić information content (AvgIpc) is 2.23. The second-order valence-electron chi connectivity index (χ2n) is 2.96. The fourth-order valence-electron chi connectivity index (χ4n) is 0.898. The number of nitriles is 1. The van der Waals surface area contributed by atoms with Crippen molar-refractivity contribution < 1.29 is 9.53 Å². The van der Waals surface area contributed by atoms with Gasteiger partial charge in [-0.15, -0.1) is 0 Å². The minimum Gasteiger partial charge on any atom is -0.409 e. The summed E-state index contributed by atoms with van der Waals surface area (Å²) in [4.78, 5) is 12.5. The summed E-state index contributed by atoms with van der Waals surface area (Å²) in [5.74, 6) is 0.170. The Kier molecular flexibility index (Phi) is 4.41. The van der Waals surface area contributed by atoms with Gasteiger partial charge < -0.3 is 4.74 Å². The molecule has 0 aliphatic heterocycles. The number of carbonyl (C=O) groups excluding carboxylic acids is 1. The first kappa shape index (κ1) is 12.6. The van der Waals surface area contributed by atoms with E-state index in [-0.39, 0.29) is 17.3 Å². The fourth-order valence-corrected chi connectivity index (χ4v) is 1.22. The van der Waals surface area contributed by atoms with E-state index in [1.807, 2.05) is 6.07 Å². The van der Waals surface area contributed by atoms with E-state index >= 15 is 0 Å². The third-order valence-corrected chi connectivity index (χ3v) is 2.26. The van der Waals surface area contributed by atoms with Crippen LogP contribution >= 0.6 is 23.2 Å². The van der Waals surface area contributed by atoms with E-state index in [1.54, 1.807) is 6.07 Å². The van der Waals surface area contributed by atoms with Gasteiger partial charge in [0.25, 0.3) is 0 Å². The Hall–Kier alpha value is -1.44. The first-order valence-electron chi connectivity index (χ1n) is 4.29. The van der Waals surface area contributed by atoms with Crippen molar-refractivity contribution in [3.63, 3.8) is 0 Å². The normalized spacial score (nSPS) is 9.38. The van der Waals surface area contributed by atoms with Crippen molar-refractivity contribution in [1.29, 1.82) is 5.26 Å². The molecule has 0 N–H and O–H groups in total. The Morgan fingerprint density at radius 1 is 1.56 bits per heavy atom. The van der Waals surface area contributed by atoms with E-state index in [0.717, 1.165) is 4.90 Å². The third-order valence-electron chi connectivity index (χ3n) is 1.71. The van der Waals surface area contributed by atoms with Crippen LogP contribution in [0.3, 0.4) is 0 Å². The van der Waals surface area contributed by atoms with Crippen LogP contribution in [0, 0.1) is 11.3 Å². The lowest BCUT2D eigenvalue weighted by molar-refractivity contribution is 0.168. The molecule has 0 atom stereocenters. The molecule has 0 aromatic heterocycles. The van der Waals surface area contributed by atoms with Gasteiger partial charge in [-0.2, -0.15) is 5.26 Å². The third kappa shape index (κ3) is 3.30. The highest BCUT2D eigenvalue weighted by Crippen LogP contribution is 2.27. The van der Waals surface area contributed by atoms with Crippen molar-refractivity contribution in [3.8, 4) is 11.8 Å². The topological polar surface area (TPSA) is 53.3 Å². The lowest BCUT2D eigenvalue weighted by atomic mass is 10.3. The van der Waals surface area contributed by atoms with E-state index in [0.29, 0.717) is 5.02 Å². The van der Waals surface area contributed by atoms with Gasteiger partial charge in [-0.05, 0) is 12.1 Å². The number of benzene rings is 1. The molecule has 1 aromatic carbocycles. The number of nitrogens with zero attached hydrogens (tertiary/aromatic N) is 2. The average molecular weight is 259 g/mol. The van der Waals surface area contributed by atoms with Crippen LogP contribution in [0.5, 0.6) is 5.75 Å². The first-order chi connectivity index (χ1) is 7.54. The largest absolute Gasteiger partial charge is 0.415 e. The van der Waals surface area contributed by atoms with Gasteiger partial charge in [-0.3, -0.25) is 4.90 Å². The van der Waals surface area contributed by atoms with Gasteiger partial charge in [0.05, 0.1) is 11.1 Å². The smallest absolute Gasteiger partial charge is 0.409 e. The summed E-state index contributed by atoms with van der Waals surface area (Å²) in [6.45, 7) is -0.0585. The lowest BCUT2D eigenvalue weighted by Crippen LogP contribution is -2.29. The summed E-state index contributed by atoms with van der Waals surface area (Å²) in [6.07, 6.45) is -0.661. The van der Waals surface area contributed by atoms with Gasteiger partial charge in [0.15, 0.2) is 5.75 Å². The Bertz CT molecular complexity index is 443. The summed E-state index contributed by atoms with van der Waals surface area (Å²) in [7, 11) is 1.45. The molecule has 0 bridgehead atoms. The summed E-state index contributed by atoms with van der Waals surface area (Å²) in [5.41, 5.74) is 0. The van der Waals surface area contributed by atoms with E-state index in [2.05, 4.69) is 0 Å². The number of amides is 1. The summed E-state index contributed by atoms with van der Waals surface area (Å²) >= 11 is 11.5. The van der Waals surface area contributed by atoms with Crippen LogP contribution < -0.4 is 4.74 Å². The molecule has 4 nitrogen and oxygen atoms in total. The molecule has 0 radical (unpaired) electrons. The van der Waals surface area contributed by atoms with Crippen molar-refractivity contribution >= 4 is 29.3 Å². The highest BCUT2D eigenvalue weighted by atomic mass is 35.5. The standard InChI is InChI=1S/C10H8Cl2N2O2/c1-14(5-4-13)10(15)16-9-6-7(11)2-3-8(9)12/h2-3,6H,5H2,1H3. The Balaban J connectivity index is 2.77. The molecule has 0 fully saturated rings. The maximum atomic E-state index is 11.4. The number of ether oxygens (including phenoxy) is 1. The van der Waals surface area contributed by atoms with Gasteiger partial charge in [-0.1, -0.05) is 23.2 Å². The second kappa shape index (κ2) is 5.59. The number of carbonyl (C=O) groups is 1. The molecule has 0 heterocycles. The predicted molar refractivity (Wildman–Crippen MR) is 60.7 cm³/mol. The maximum Gasteiger partial charge on any atom is 0.415 e. The SMILES string of the molecule is CN(CC#N)C(=O)Oc1cc(Cl)ccc1Cl. The van der Waals surface area contributed by atoms with E-state index < -0.39 is 6.09 Å². The minimum atomic E-state index is -0.661. The lowest BCUT2D eigenvalue weighted by Gasteiger charge is -2.13. The van der Waals surface area contributed by atoms with Crippen LogP contribution in [0.2, 0.25) is 10.0 Å². The van der Waals surface area contributed by atoms with Crippen molar-refractivity contribution in [3.05, 3.63) is 28.2 Å². The summed E-state index contributed by atoms with van der Waals surface area (Å²) in [5, 5.41) is 9.10. The molecule has 1 aromatic rings. The molecule has 16 heavy (non-hydrogen) atoms. The highest BCUT2D eigenvalue weighted by molar-refractivity contribution is 6.34. The fraction of sp³-hybridized carbons (Fsp3) is 0.200.